The van der Waals surface area contributed by atoms with Crippen molar-refractivity contribution < 1.29 is 14.7 Å². The number of hydrogen-bond donors (Lipinski definition) is 3. The molecular formula is C15H27N3O3. The summed E-state index contributed by atoms with van der Waals surface area (Å²) in [5.74, 6) is -1.24. The van der Waals surface area contributed by atoms with Gasteiger partial charge in [-0.2, -0.15) is 0 Å². The van der Waals surface area contributed by atoms with Crippen molar-refractivity contribution in [3.63, 3.8) is 0 Å². The number of aliphatic carboxylic acids is 1. The summed E-state index contributed by atoms with van der Waals surface area (Å²) in [5.41, 5.74) is 0. The van der Waals surface area contributed by atoms with Crippen LogP contribution >= 0.6 is 0 Å². The van der Waals surface area contributed by atoms with Crippen LogP contribution in [-0.4, -0.2) is 53.7 Å². The van der Waals surface area contributed by atoms with Crippen LogP contribution in [0.25, 0.3) is 0 Å². The maximum absolute atomic E-state index is 12.0. The number of piperidine rings is 1. The van der Waals surface area contributed by atoms with E-state index in [9.17, 15) is 9.59 Å². The molecule has 1 heterocycles. The zero-order chi connectivity index (χ0) is 15.2. The average Bonchev–Trinajstić information content (AvgIpc) is 2.87. The Morgan fingerprint density at radius 3 is 2.57 bits per heavy atom. The maximum Gasteiger partial charge on any atom is 0.315 e. The van der Waals surface area contributed by atoms with Crippen LogP contribution in [0.3, 0.4) is 0 Å². The van der Waals surface area contributed by atoms with Gasteiger partial charge in [0, 0.05) is 18.6 Å². The Labute approximate surface area is 126 Å². The molecule has 2 amide bonds. The van der Waals surface area contributed by atoms with Gasteiger partial charge >= 0.3 is 12.0 Å². The van der Waals surface area contributed by atoms with Crippen molar-refractivity contribution >= 4 is 12.0 Å². The lowest BCUT2D eigenvalue weighted by Crippen LogP contribution is -2.50. The lowest BCUT2D eigenvalue weighted by atomic mass is 10.0. The summed E-state index contributed by atoms with van der Waals surface area (Å²) < 4.78 is 0. The number of amides is 2. The van der Waals surface area contributed by atoms with Crippen molar-refractivity contribution in [1.29, 1.82) is 0 Å². The molecule has 6 heteroatoms. The fourth-order valence-electron chi connectivity index (χ4n) is 3.44. The minimum absolute atomic E-state index is 0.0766. The number of carboxylic acid groups (broad SMARTS) is 1. The first-order chi connectivity index (χ1) is 10.1. The Balaban J connectivity index is 1.71. The first-order valence-corrected chi connectivity index (χ1v) is 8.08. The molecule has 1 saturated heterocycles. The van der Waals surface area contributed by atoms with Gasteiger partial charge in [-0.05, 0) is 45.7 Å². The number of urea groups is 1. The summed E-state index contributed by atoms with van der Waals surface area (Å²) in [4.78, 5) is 25.5. The predicted molar refractivity (Wildman–Crippen MR) is 80.2 cm³/mol. The van der Waals surface area contributed by atoms with E-state index in [1.807, 2.05) is 6.92 Å². The lowest BCUT2D eigenvalue weighted by molar-refractivity contribution is -0.142. The number of carbonyl (C=O) groups is 2. The molecule has 120 valence electrons. The molecule has 1 saturated carbocycles. The third kappa shape index (κ3) is 4.88. The number of hydrogen-bond acceptors (Lipinski definition) is 3. The Hall–Kier alpha value is -1.30. The molecule has 0 aromatic heterocycles. The summed E-state index contributed by atoms with van der Waals surface area (Å²) in [6.45, 7) is 5.08. The fraction of sp³-hybridized carbons (Fsp3) is 0.867. The average molecular weight is 297 g/mol. The highest BCUT2D eigenvalue weighted by molar-refractivity contribution is 5.77. The molecule has 2 rings (SSSR count). The van der Waals surface area contributed by atoms with Crippen LogP contribution in [0.1, 0.15) is 45.4 Å². The second kappa shape index (κ2) is 7.64. The first kappa shape index (κ1) is 16.1. The first-order valence-electron chi connectivity index (χ1n) is 8.08. The lowest BCUT2D eigenvalue weighted by Gasteiger charge is -2.29. The Morgan fingerprint density at radius 1 is 1.19 bits per heavy atom. The van der Waals surface area contributed by atoms with Crippen LogP contribution in [0.15, 0.2) is 0 Å². The molecule has 1 aliphatic carbocycles. The van der Waals surface area contributed by atoms with Gasteiger partial charge < -0.3 is 20.6 Å². The number of likely N-dealkylation sites (tertiary alicyclic amines) is 1. The van der Waals surface area contributed by atoms with Crippen LogP contribution in [0.4, 0.5) is 4.79 Å². The van der Waals surface area contributed by atoms with Crippen LogP contribution in [0.2, 0.25) is 0 Å². The van der Waals surface area contributed by atoms with Gasteiger partial charge in [0.25, 0.3) is 0 Å². The molecule has 3 atom stereocenters. The van der Waals surface area contributed by atoms with Crippen LogP contribution in [-0.2, 0) is 4.79 Å². The van der Waals surface area contributed by atoms with Gasteiger partial charge in [0.2, 0.25) is 0 Å². The van der Waals surface area contributed by atoms with Gasteiger partial charge in [0.1, 0.15) is 0 Å². The molecule has 1 aliphatic heterocycles. The summed E-state index contributed by atoms with van der Waals surface area (Å²) in [6.07, 6.45) is 6.05. The third-order valence-corrected chi connectivity index (χ3v) is 4.51. The normalized spacial score (nSPS) is 28.0. The van der Waals surface area contributed by atoms with Gasteiger partial charge in [-0.25, -0.2) is 4.79 Å². The highest BCUT2D eigenvalue weighted by Gasteiger charge is 2.34. The van der Waals surface area contributed by atoms with E-state index in [0.717, 1.165) is 32.5 Å². The topological polar surface area (TPSA) is 81.7 Å². The number of carboxylic acids is 1. The van der Waals surface area contributed by atoms with E-state index >= 15 is 0 Å². The van der Waals surface area contributed by atoms with Gasteiger partial charge in [-0.3, -0.25) is 4.79 Å². The van der Waals surface area contributed by atoms with E-state index in [2.05, 4.69) is 15.5 Å². The quantitative estimate of drug-likeness (QED) is 0.716. The van der Waals surface area contributed by atoms with E-state index in [4.69, 9.17) is 5.11 Å². The molecule has 2 fully saturated rings. The van der Waals surface area contributed by atoms with Gasteiger partial charge in [-0.1, -0.05) is 12.8 Å². The predicted octanol–water partition coefficient (Wildman–Crippen LogP) is 1.41. The largest absolute Gasteiger partial charge is 0.481 e. The number of nitrogens with one attached hydrogen (secondary N) is 2. The molecule has 0 aromatic rings. The molecule has 3 unspecified atom stereocenters. The minimum Gasteiger partial charge on any atom is -0.481 e. The second-order valence-electron chi connectivity index (χ2n) is 6.36. The molecule has 21 heavy (non-hydrogen) atoms. The number of rotatable bonds is 5. The van der Waals surface area contributed by atoms with Crippen LogP contribution in [0, 0.1) is 5.92 Å². The van der Waals surface area contributed by atoms with Crippen molar-refractivity contribution in [2.45, 2.75) is 57.5 Å². The van der Waals surface area contributed by atoms with Gasteiger partial charge in [0.15, 0.2) is 0 Å². The highest BCUT2D eigenvalue weighted by Crippen LogP contribution is 2.25. The van der Waals surface area contributed by atoms with Crippen molar-refractivity contribution in [2.24, 2.45) is 5.92 Å². The van der Waals surface area contributed by atoms with Crippen LogP contribution < -0.4 is 10.6 Å². The minimum atomic E-state index is -0.806. The molecule has 0 bridgehead atoms. The van der Waals surface area contributed by atoms with E-state index in [-0.39, 0.29) is 18.1 Å². The van der Waals surface area contributed by atoms with Crippen molar-refractivity contribution in [3.8, 4) is 0 Å². The Bertz CT molecular complexity index is 369. The zero-order valence-electron chi connectivity index (χ0n) is 12.8. The van der Waals surface area contributed by atoms with Crippen molar-refractivity contribution in [1.82, 2.24) is 15.5 Å². The third-order valence-electron chi connectivity index (χ3n) is 4.51. The number of nitrogens with zero attached hydrogens (tertiary/aromatic N) is 1. The molecular weight excluding hydrogens is 270 g/mol. The van der Waals surface area contributed by atoms with E-state index in [0.29, 0.717) is 6.42 Å². The molecule has 0 spiro atoms. The monoisotopic (exact) mass is 297 g/mol. The standard InChI is InChI=1S/C15H27N3O3/c1-11(10-18-8-3-2-4-9-18)16-15(21)17-13-7-5-6-12(13)14(19)20/h11-13H,2-10H2,1H3,(H,19,20)(H2,16,17,21). The van der Waals surface area contributed by atoms with Gasteiger partial charge in [-0.15, -0.1) is 0 Å². The molecule has 6 nitrogen and oxygen atoms in total. The summed E-state index contributed by atoms with van der Waals surface area (Å²) in [7, 11) is 0. The van der Waals surface area contributed by atoms with E-state index < -0.39 is 11.9 Å². The Kier molecular flexibility index (Phi) is 5.85. The van der Waals surface area contributed by atoms with E-state index in [1.165, 1.54) is 19.3 Å². The van der Waals surface area contributed by atoms with E-state index in [1.54, 1.807) is 0 Å². The fourth-order valence-corrected chi connectivity index (χ4v) is 3.44. The summed E-state index contributed by atoms with van der Waals surface area (Å²) in [5, 5.41) is 14.9. The SMILES string of the molecule is CC(CN1CCCCC1)NC(=O)NC1CCCC1C(=O)O. The molecule has 2 aliphatic rings. The summed E-state index contributed by atoms with van der Waals surface area (Å²) >= 11 is 0. The highest BCUT2D eigenvalue weighted by atomic mass is 16.4. The molecule has 0 radical (unpaired) electrons. The Morgan fingerprint density at radius 2 is 1.90 bits per heavy atom. The van der Waals surface area contributed by atoms with Gasteiger partial charge in [0.05, 0.1) is 5.92 Å². The zero-order valence-corrected chi connectivity index (χ0v) is 12.8. The molecule has 0 aromatic carbocycles. The maximum atomic E-state index is 12.0. The molecule has 3 N–H and O–H groups in total. The summed E-state index contributed by atoms with van der Waals surface area (Å²) in [6, 6.07) is -0.393. The smallest absolute Gasteiger partial charge is 0.315 e. The van der Waals surface area contributed by atoms with Crippen molar-refractivity contribution in [2.75, 3.05) is 19.6 Å². The van der Waals surface area contributed by atoms with Crippen LogP contribution in [0.5, 0.6) is 0 Å². The second-order valence-corrected chi connectivity index (χ2v) is 6.36. The van der Waals surface area contributed by atoms with Crippen molar-refractivity contribution in [3.05, 3.63) is 0 Å². The number of carbonyl (C=O) groups excluding carboxylic acids is 1.